The normalized spacial score (nSPS) is 15.6. The number of hydrogen-bond donors (Lipinski definition) is 6. The summed E-state index contributed by atoms with van der Waals surface area (Å²) in [6.45, 7) is 9.72. The van der Waals surface area contributed by atoms with Crippen LogP contribution >= 0.6 is 0 Å². The zero-order valence-electron chi connectivity index (χ0n) is 49.2. The number of fused-ring (bicyclic) bond motifs is 7. The largest absolute Gasteiger partial charge is 0.510 e. The first kappa shape index (κ1) is 62.5. The van der Waals surface area contributed by atoms with Crippen LogP contribution in [0.4, 0.5) is 16.2 Å². The molecule has 4 aromatic carbocycles. The first-order valence-corrected chi connectivity index (χ1v) is 29.1. The number of ether oxygens (including phenoxy) is 6. The lowest BCUT2D eigenvalue weighted by atomic mass is 9.85. The molecule has 0 saturated heterocycles. The van der Waals surface area contributed by atoms with Gasteiger partial charge in [0.1, 0.15) is 43.9 Å². The van der Waals surface area contributed by atoms with Gasteiger partial charge in [0, 0.05) is 46.3 Å². The van der Waals surface area contributed by atoms with E-state index >= 15 is 0 Å². The Morgan fingerprint density at radius 2 is 1.52 bits per heavy atom. The third-order valence-electron chi connectivity index (χ3n) is 15.4. The minimum Gasteiger partial charge on any atom is -0.508 e. The molecule has 0 aliphatic carbocycles. The van der Waals surface area contributed by atoms with Gasteiger partial charge in [0.25, 0.3) is 5.56 Å². The Balaban J connectivity index is 0.648. The highest BCUT2D eigenvalue weighted by Gasteiger charge is 2.51. The molecule has 0 spiro atoms. The molecular formula is C65H71N7O15. The van der Waals surface area contributed by atoms with E-state index in [1.54, 1.807) is 78.8 Å². The maximum absolute atomic E-state index is 14.1. The van der Waals surface area contributed by atoms with E-state index in [0.29, 0.717) is 54.3 Å². The number of aromatic nitrogens is 2. The van der Waals surface area contributed by atoms with Gasteiger partial charge in [-0.25, -0.2) is 14.6 Å². The smallest absolute Gasteiger partial charge is 0.508 e. The molecule has 2 aromatic heterocycles. The number of esters is 1. The minimum absolute atomic E-state index is 0.0748. The molecule has 4 atom stereocenters. The van der Waals surface area contributed by atoms with Crippen molar-refractivity contribution in [2.75, 3.05) is 56.4 Å². The molecule has 5 heterocycles. The number of cyclic esters (lactones) is 1. The molecule has 1 unspecified atom stereocenters. The van der Waals surface area contributed by atoms with Gasteiger partial charge in [-0.15, -0.1) is 0 Å². The Bertz CT molecular complexity index is 3690. The fourth-order valence-corrected chi connectivity index (χ4v) is 10.7. The van der Waals surface area contributed by atoms with Gasteiger partial charge in [-0.1, -0.05) is 82.0 Å². The van der Waals surface area contributed by atoms with E-state index in [-0.39, 0.29) is 101 Å². The molecule has 0 radical (unpaired) electrons. The molecule has 0 bridgehead atoms. The zero-order valence-corrected chi connectivity index (χ0v) is 49.2. The molecule has 87 heavy (non-hydrogen) atoms. The summed E-state index contributed by atoms with van der Waals surface area (Å²) in [5.74, 6) is 3.52. The maximum atomic E-state index is 14.1. The number of pyridine rings is 2. The summed E-state index contributed by atoms with van der Waals surface area (Å²) in [4.78, 5) is 101. The third kappa shape index (κ3) is 14.6. The molecular weight excluding hydrogens is 1120 g/mol. The van der Waals surface area contributed by atoms with Crippen molar-refractivity contribution in [3.8, 4) is 29.0 Å². The van der Waals surface area contributed by atoms with Crippen molar-refractivity contribution in [1.29, 1.82) is 0 Å². The van der Waals surface area contributed by atoms with Crippen LogP contribution in [0.3, 0.4) is 0 Å². The molecule has 4 amide bonds. The van der Waals surface area contributed by atoms with Gasteiger partial charge in [-0.2, -0.15) is 0 Å². The molecule has 22 nitrogen and oxygen atoms in total. The van der Waals surface area contributed by atoms with Crippen molar-refractivity contribution in [3.05, 3.63) is 152 Å². The summed E-state index contributed by atoms with van der Waals surface area (Å²) >= 11 is 0. The summed E-state index contributed by atoms with van der Waals surface area (Å²) in [5.41, 5.74) is 5.53. The number of aromatic hydroxyl groups is 1. The average Bonchev–Trinajstić information content (AvgIpc) is 1.75. The number of para-hydroxylation sites is 1. The number of anilines is 2. The van der Waals surface area contributed by atoms with E-state index in [4.69, 9.17) is 33.4 Å². The van der Waals surface area contributed by atoms with Crippen LogP contribution in [0.2, 0.25) is 0 Å². The number of amides is 4. The second-order valence-electron chi connectivity index (χ2n) is 21.6. The number of benzene rings is 4. The van der Waals surface area contributed by atoms with Crippen molar-refractivity contribution in [3.63, 3.8) is 0 Å². The fourth-order valence-electron chi connectivity index (χ4n) is 10.7. The lowest BCUT2D eigenvalue weighted by Gasteiger charge is -2.35. The summed E-state index contributed by atoms with van der Waals surface area (Å²) in [5, 5.41) is 32.6. The van der Waals surface area contributed by atoms with Gasteiger partial charge < -0.3 is 64.1 Å². The SMILES string of the molecule is CCc1c2c(nc3ccc(O)cc13)-c1cc3c(c(=O)n1C2)COC(=O)[C@@]3(CC)OC(=O)OCc1ccc(NC(=O)[C@H](C)NC(=O)[C@@H](NC(=O)COCCOCCOCCNC(O)CCC(=O)N2Cc3ccccc3C#Cc3ccccc32)C(C)C)cc1. The summed E-state index contributed by atoms with van der Waals surface area (Å²) in [6.07, 6.45) is -1.24. The van der Waals surface area contributed by atoms with Gasteiger partial charge >= 0.3 is 12.1 Å². The number of phenolic OH excluding ortho intramolecular Hbond substituents is 1. The van der Waals surface area contributed by atoms with Gasteiger partial charge in [-0.3, -0.25) is 29.3 Å². The van der Waals surface area contributed by atoms with Crippen LogP contribution in [-0.2, 0) is 90.7 Å². The second-order valence-corrected chi connectivity index (χ2v) is 21.6. The first-order chi connectivity index (χ1) is 42.0. The van der Waals surface area contributed by atoms with Gasteiger partial charge in [-0.05, 0) is 103 Å². The first-order valence-electron chi connectivity index (χ1n) is 29.1. The van der Waals surface area contributed by atoms with Crippen molar-refractivity contribution >= 4 is 58.0 Å². The summed E-state index contributed by atoms with van der Waals surface area (Å²) < 4.78 is 34.9. The molecule has 22 heteroatoms. The van der Waals surface area contributed by atoms with Crippen molar-refractivity contribution in [2.24, 2.45) is 5.92 Å². The van der Waals surface area contributed by atoms with Crippen LogP contribution in [0.25, 0.3) is 22.3 Å². The number of carbonyl (C=O) groups excluding carboxylic acids is 6. The van der Waals surface area contributed by atoms with Crippen LogP contribution in [0.5, 0.6) is 5.75 Å². The maximum Gasteiger partial charge on any atom is 0.510 e. The third-order valence-corrected chi connectivity index (χ3v) is 15.4. The molecule has 6 N–H and O–H groups in total. The fraction of sp³-hybridized carbons (Fsp3) is 0.385. The Labute approximate surface area is 502 Å². The van der Waals surface area contributed by atoms with Crippen molar-refractivity contribution < 1.29 is 67.4 Å². The number of phenols is 1. The van der Waals surface area contributed by atoms with E-state index in [0.717, 1.165) is 38.9 Å². The van der Waals surface area contributed by atoms with Crippen LogP contribution in [0, 0.1) is 17.8 Å². The highest BCUT2D eigenvalue weighted by molar-refractivity contribution is 5.98. The van der Waals surface area contributed by atoms with Crippen LogP contribution in [-0.4, -0.2) is 120 Å². The Kier molecular flexibility index (Phi) is 20.5. The molecule has 0 fully saturated rings. The number of rotatable bonds is 26. The highest BCUT2D eigenvalue weighted by atomic mass is 16.7. The van der Waals surface area contributed by atoms with E-state index in [2.05, 4.69) is 33.1 Å². The van der Waals surface area contributed by atoms with Crippen LogP contribution in [0.15, 0.2) is 102 Å². The number of nitrogens with one attached hydrogen (secondary N) is 4. The predicted octanol–water partition coefficient (Wildman–Crippen LogP) is 5.98. The topological polar surface area (TPSA) is 285 Å². The average molecular weight is 1190 g/mol. The monoisotopic (exact) mass is 1190 g/mol. The molecule has 3 aliphatic heterocycles. The highest BCUT2D eigenvalue weighted by Crippen LogP contribution is 2.43. The number of nitrogens with zero attached hydrogens (tertiary/aromatic N) is 3. The van der Waals surface area contributed by atoms with Gasteiger partial charge in [0.2, 0.25) is 29.2 Å². The van der Waals surface area contributed by atoms with Crippen molar-refractivity contribution in [2.45, 2.75) is 111 Å². The Hall–Kier alpha value is -8.98. The van der Waals surface area contributed by atoms with Gasteiger partial charge in [0.05, 0.1) is 74.3 Å². The van der Waals surface area contributed by atoms with E-state index in [1.165, 1.54) is 6.92 Å². The molecule has 3 aliphatic rings. The molecule has 456 valence electrons. The number of carbonyl (C=O) groups is 6. The van der Waals surface area contributed by atoms with E-state index in [1.807, 2.05) is 55.5 Å². The molecule has 6 aromatic rings. The van der Waals surface area contributed by atoms with Crippen LogP contribution in [0.1, 0.15) is 98.4 Å². The van der Waals surface area contributed by atoms with E-state index in [9.17, 15) is 43.8 Å². The number of hydrogen-bond acceptors (Lipinski definition) is 17. The van der Waals surface area contributed by atoms with Crippen LogP contribution < -0.4 is 31.7 Å². The summed E-state index contributed by atoms with van der Waals surface area (Å²) in [6, 6.07) is 26.2. The quantitative estimate of drug-likeness (QED) is 0.0157. The lowest BCUT2D eigenvalue weighted by Crippen LogP contribution is -2.54. The number of aliphatic hydroxyl groups excluding tert-OH is 1. The number of aliphatic hydroxyl groups is 1. The van der Waals surface area contributed by atoms with Crippen molar-refractivity contribution in [1.82, 2.24) is 25.5 Å². The number of aryl methyl sites for hydroxylation is 1. The minimum atomic E-state index is -2.00. The Morgan fingerprint density at radius 3 is 2.26 bits per heavy atom. The van der Waals surface area contributed by atoms with E-state index < -0.39 is 59.3 Å². The second kappa shape index (κ2) is 28.5. The molecule has 0 saturated carbocycles. The van der Waals surface area contributed by atoms with Gasteiger partial charge in [0.15, 0.2) is 0 Å². The Morgan fingerprint density at radius 1 is 0.805 bits per heavy atom. The standard InChI is InChI=1S/C65H71N7O15/c1-6-47-48-32-46(73)22-23-52(48)69-59-49(47)35-72-54(59)33-51-50(62(72)79)37-85-63(80)65(51,7-2)87-64(81)86-36-41-16-20-45(21-17-41)68-60(77)40(5)67-61(78)58(39(3)4)70-56(75)38-84-31-30-83-29-28-82-27-26-66-55(74)24-25-57(76)71-34-44-14-9-8-12-42(44)18-19-43-13-10-11-15-53(43)71/h8-17,20-23,32-33,39-40,55,58,66,73-74H,6-7,24-31,34-38H2,1-5H3,(H,67,78)(H,68,77)(H,70,75)/t40-,55?,58-,65-/m0/s1. The summed E-state index contributed by atoms with van der Waals surface area (Å²) in [7, 11) is 0. The lowest BCUT2D eigenvalue weighted by molar-refractivity contribution is -0.175. The predicted molar refractivity (Wildman–Crippen MR) is 320 cm³/mol. The zero-order chi connectivity index (χ0) is 61.8. The molecule has 9 rings (SSSR count).